The normalized spacial score (nSPS) is 10.5. The molecule has 3 rings (SSSR count). The minimum atomic E-state index is -0.510. The molecule has 2 aromatic carbocycles. The molecule has 0 fully saturated rings. The van der Waals surface area contributed by atoms with Gasteiger partial charge in [0, 0.05) is 17.8 Å². The average molecular weight is 446 g/mol. The third-order valence-electron chi connectivity index (χ3n) is 4.14. The summed E-state index contributed by atoms with van der Waals surface area (Å²) >= 11 is 7.24. The summed E-state index contributed by atoms with van der Waals surface area (Å²) in [6, 6.07) is 14.1. The van der Waals surface area contributed by atoms with Gasteiger partial charge in [-0.25, -0.2) is 4.79 Å². The van der Waals surface area contributed by atoms with Gasteiger partial charge in [-0.05, 0) is 30.3 Å². The van der Waals surface area contributed by atoms with E-state index in [0.29, 0.717) is 33.8 Å². The van der Waals surface area contributed by atoms with Gasteiger partial charge >= 0.3 is 5.97 Å². The maximum Gasteiger partial charge on any atom is 0.339 e. The van der Waals surface area contributed by atoms with Crippen molar-refractivity contribution in [3.05, 3.63) is 64.9 Å². The average Bonchev–Trinajstić information content (AvgIpc) is 3.10. The quantitative estimate of drug-likeness (QED) is 0.403. The molecule has 3 aromatic rings. The van der Waals surface area contributed by atoms with Gasteiger partial charge in [-0.2, -0.15) is 0 Å². The fraction of sp³-hybridized carbons (Fsp3) is 0.200. The summed E-state index contributed by atoms with van der Waals surface area (Å²) in [7, 11) is 3.13. The number of ether oxygens (including phenoxy) is 1. The first-order chi connectivity index (χ1) is 14.5. The van der Waals surface area contributed by atoms with E-state index in [1.54, 1.807) is 30.3 Å². The maximum absolute atomic E-state index is 12.3. The molecule has 0 saturated carbocycles. The van der Waals surface area contributed by atoms with Crippen LogP contribution in [0.25, 0.3) is 0 Å². The minimum Gasteiger partial charge on any atom is -0.465 e. The highest BCUT2D eigenvalue weighted by Gasteiger charge is 2.15. The van der Waals surface area contributed by atoms with Crippen molar-refractivity contribution in [2.24, 2.45) is 7.05 Å². The minimum absolute atomic E-state index is 0.114. The van der Waals surface area contributed by atoms with E-state index in [1.165, 1.54) is 18.9 Å². The SMILES string of the molecule is COC(=O)c1ccccc1NC(=O)CSc1nnc(CNc2cccc(Cl)c2)n1C. The van der Waals surface area contributed by atoms with Gasteiger partial charge in [0.05, 0.1) is 30.7 Å². The molecule has 0 atom stereocenters. The Hall–Kier alpha value is -3.04. The summed E-state index contributed by atoms with van der Waals surface area (Å²) in [5, 5.41) is 15.5. The predicted octanol–water partition coefficient (Wildman–Crippen LogP) is 3.60. The molecule has 0 aliphatic heterocycles. The van der Waals surface area contributed by atoms with Gasteiger partial charge in [0.2, 0.25) is 5.91 Å². The molecule has 0 unspecified atom stereocenters. The van der Waals surface area contributed by atoms with Crippen molar-refractivity contribution in [3.8, 4) is 0 Å². The summed E-state index contributed by atoms with van der Waals surface area (Å²) in [6.45, 7) is 0.461. The van der Waals surface area contributed by atoms with E-state index < -0.39 is 5.97 Å². The Labute approximate surface area is 183 Å². The van der Waals surface area contributed by atoms with E-state index in [9.17, 15) is 9.59 Å². The molecule has 0 saturated heterocycles. The number of thioether (sulfide) groups is 1. The first-order valence-corrected chi connectivity index (χ1v) is 10.3. The van der Waals surface area contributed by atoms with Gasteiger partial charge in [-0.3, -0.25) is 4.79 Å². The zero-order chi connectivity index (χ0) is 21.5. The molecule has 0 spiro atoms. The Bertz CT molecular complexity index is 1060. The third-order valence-corrected chi connectivity index (χ3v) is 5.39. The number of rotatable bonds is 8. The number of para-hydroxylation sites is 1. The molecule has 30 heavy (non-hydrogen) atoms. The monoisotopic (exact) mass is 445 g/mol. The van der Waals surface area contributed by atoms with Crippen molar-refractivity contribution in [1.82, 2.24) is 14.8 Å². The van der Waals surface area contributed by atoms with E-state index in [0.717, 1.165) is 5.69 Å². The lowest BCUT2D eigenvalue weighted by Gasteiger charge is -2.09. The lowest BCUT2D eigenvalue weighted by molar-refractivity contribution is -0.113. The fourth-order valence-electron chi connectivity index (χ4n) is 2.60. The van der Waals surface area contributed by atoms with E-state index in [2.05, 4.69) is 20.8 Å². The molecule has 1 aromatic heterocycles. The van der Waals surface area contributed by atoms with Crippen LogP contribution in [0.1, 0.15) is 16.2 Å². The second-order valence-corrected chi connectivity index (χ2v) is 7.57. The Morgan fingerprint density at radius 1 is 1.17 bits per heavy atom. The van der Waals surface area contributed by atoms with Crippen LogP contribution in [0.4, 0.5) is 11.4 Å². The molecule has 8 nitrogen and oxygen atoms in total. The van der Waals surface area contributed by atoms with Crippen LogP contribution in [-0.2, 0) is 23.1 Å². The summed E-state index contributed by atoms with van der Waals surface area (Å²) in [4.78, 5) is 24.2. The van der Waals surface area contributed by atoms with Crippen molar-refractivity contribution in [1.29, 1.82) is 0 Å². The van der Waals surface area contributed by atoms with E-state index in [4.69, 9.17) is 16.3 Å². The number of carbonyl (C=O) groups excluding carboxylic acids is 2. The Morgan fingerprint density at radius 3 is 2.73 bits per heavy atom. The van der Waals surface area contributed by atoms with Gasteiger partial charge in [-0.1, -0.05) is 41.6 Å². The van der Waals surface area contributed by atoms with E-state index in [-0.39, 0.29) is 11.7 Å². The Kier molecular flexibility index (Phi) is 7.31. The number of nitrogens with one attached hydrogen (secondary N) is 2. The molecule has 10 heteroatoms. The van der Waals surface area contributed by atoms with Crippen molar-refractivity contribution in [2.75, 3.05) is 23.5 Å². The Morgan fingerprint density at radius 2 is 1.97 bits per heavy atom. The Balaban J connectivity index is 1.56. The van der Waals surface area contributed by atoms with Crippen molar-refractivity contribution in [3.63, 3.8) is 0 Å². The number of esters is 1. The van der Waals surface area contributed by atoms with Gasteiger partial charge in [0.15, 0.2) is 11.0 Å². The van der Waals surface area contributed by atoms with Gasteiger partial charge in [-0.15, -0.1) is 10.2 Å². The molecule has 0 aliphatic rings. The van der Waals surface area contributed by atoms with Gasteiger partial charge < -0.3 is 19.9 Å². The molecule has 0 bridgehead atoms. The first kappa shape index (κ1) is 21.7. The van der Waals surface area contributed by atoms with Crippen molar-refractivity contribution >= 4 is 46.6 Å². The molecule has 0 radical (unpaired) electrons. The standard InChI is InChI=1S/C20H20ClN5O3S/c1-26-17(11-22-14-7-5-6-13(21)10-14)24-25-20(26)30-12-18(27)23-16-9-4-3-8-15(16)19(28)29-2/h3-10,22H,11-12H2,1-2H3,(H,23,27). The summed E-state index contributed by atoms with van der Waals surface area (Å²) in [6.07, 6.45) is 0. The maximum atomic E-state index is 12.3. The smallest absolute Gasteiger partial charge is 0.339 e. The molecular formula is C20H20ClN5O3S. The third kappa shape index (κ3) is 5.52. The highest BCUT2D eigenvalue weighted by molar-refractivity contribution is 7.99. The highest BCUT2D eigenvalue weighted by atomic mass is 35.5. The molecule has 2 N–H and O–H groups in total. The number of nitrogens with zero attached hydrogens (tertiary/aromatic N) is 3. The number of hydrogen-bond donors (Lipinski definition) is 2. The molecular weight excluding hydrogens is 426 g/mol. The molecule has 1 heterocycles. The van der Waals surface area contributed by atoms with E-state index >= 15 is 0 Å². The predicted molar refractivity (Wildman–Crippen MR) is 117 cm³/mol. The van der Waals surface area contributed by atoms with Crippen molar-refractivity contribution in [2.45, 2.75) is 11.7 Å². The van der Waals surface area contributed by atoms with Crippen LogP contribution in [0, 0.1) is 0 Å². The summed E-state index contributed by atoms with van der Waals surface area (Å²) in [5.41, 5.74) is 1.58. The number of anilines is 2. The number of halogens is 1. The van der Waals surface area contributed by atoms with Crippen LogP contribution in [0.2, 0.25) is 5.02 Å². The van der Waals surface area contributed by atoms with Crippen LogP contribution < -0.4 is 10.6 Å². The number of aromatic nitrogens is 3. The highest BCUT2D eigenvalue weighted by Crippen LogP contribution is 2.20. The molecule has 0 aliphatic carbocycles. The second-order valence-electron chi connectivity index (χ2n) is 6.20. The molecule has 1 amide bonds. The van der Waals surface area contributed by atoms with Crippen molar-refractivity contribution < 1.29 is 14.3 Å². The number of benzene rings is 2. The lowest BCUT2D eigenvalue weighted by Crippen LogP contribution is -2.17. The number of amides is 1. The first-order valence-electron chi connectivity index (χ1n) is 8.95. The van der Waals surface area contributed by atoms with Gasteiger partial charge in [0.25, 0.3) is 0 Å². The molecule has 156 valence electrons. The number of hydrogen-bond acceptors (Lipinski definition) is 7. The largest absolute Gasteiger partial charge is 0.465 e. The van der Waals surface area contributed by atoms with Crippen LogP contribution in [0.5, 0.6) is 0 Å². The second kappa shape index (κ2) is 10.1. The number of methoxy groups -OCH3 is 1. The lowest BCUT2D eigenvalue weighted by atomic mass is 10.2. The summed E-state index contributed by atoms with van der Waals surface area (Å²) < 4.78 is 6.55. The van der Waals surface area contributed by atoms with Crippen LogP contribution >= 0.6 is 23.4 Å². The van der Waals surface area contributed by atoms with Crippen LogP contribution in [0.3, 0.4) is 0 Å². The summed E-state index contributed by atoms with van der Waals surface area (Å²) in [5.74, 6) is 0.0546. The van der Waals surface area contributed by atoms with Gasteiger partial charge in [0.1, 0.15) is 0 Å². The number of carbonyl (C=O) groups is 2. The van der Waals surface area contributed by atoms with Crippen LogP contribution in [-0.4, -0.2) is 39.5 Å². The fourth-order valence-corrected chi connectivity index (χ4v) is 3.52. The zero-order valence-electron chi connectivity index (χ0n) is 16.4. The zero-order valence-corrected chi connectivity index (χ0v) is 18.0. The van der Waals surface area contributed by atoms with Crippen LogP contribution in [0.15, 0.2) is 53.7 Å². The topological polar surface area (TPSA) is 98.1 Å². The van der Waals surface area contributed by atoms with E-state index in [1.807, 2.05) is 29.8 Å².